The molecule has 2 rings (SSSR count). The van der Waals surface area contributed by atoms with Gasteiger partial charge in [-0.25, -0.2) is 4.98 Å². The van der Waals surface area contributed by atoms with Gasteiger partial charge in [-0.2, -0.15) is 13.2 Å². The van der Waals surface area contributed by atoms with E-state index < -0.39 is 11.7 Å². The third-order valence-electron chi connectivity index (χ3n) is 3.64. The average Bonchev–Trinajstić information content (AvgIpc) is 2.87. The second kappa shape index (κ2) is 8.00. The van der Waals surface area contributed by atoms with Gasteiger partial charge in [0.15, 0.2) is 0 Å². The molecule has 0 fully saturated rings. The Morgan fingerprint density at radius 2 is 2.04 bits per heavy atom. The molecule has 0 aliphatic rings. The second-order valence-corrected chi connectivity index (χ2v) is 5.48. The smallest absolute Gasteiger partial charge is 0.368 e. The number of rotatable bonds is 7. The molecule has 0 radical (unpaired) electrons. The van der Waals surface area contributed by atoms with Crippen LogP contribution in [0, 0.1) is 13.8 Å². The molecule has 25 heavy (non-hydrogen) atoms. The molecule has 136 valence electrons. The van der Waals surface area contributed by atoms with Crippen LogP contribution in [0.15, 0.2) is 22.9 Å². The number of alkyl halides is 3. The number of hydrogen-bond acceptors (Lipinski definition) is 5. The summed E-state index contributed by atoms with van der Waals surface area (Å²) in [7, 11) is 0. The van der Waals surface area contributed by atoms with Crippen LogP contribution in [0.25, 0.3) is 0 Å². The number of aromatic nitrogens is 2. The lowest BCUT2D eigenvalue weighted by Gasteiger charge is -2.13. The molecule has 6 nitrogen and oxygen atoms in total. The average molecular weight is 356 g/mol. The summed E-state index contributed by atoms with van der Waals surface area (Å²) in [5, 5.41) is 9.06. The fraction of sp³-hybridized carbons (Fsp3) is 0.438. The summed E-state index contributed by atoms with van der Waals surface area (Å²) in [6, 6.07) is 2.18. The van der Waals surface area contributed by atoms with E-state index in [2.05, 4.69) is 20.8 Å². The third kappa shape index (κ3) is 5.20. The Hall–Kier alpha value is -2.58. The molecule has 0 aromatic carbocycles. The van der Waals surface area contributed by atoms with E-state index in [4.69, 9.17) is 4.52 Å². The van der Waals surface area contributed by atoms with E-state index in [9.17, 15) is 18.0 Å². The van der Waals surface area contributed by atoms with Crippen LogP contribution in [0.1, 0.15) is 29.0 Å². The number of anilines is 1. The zero-order valence-corrected chi connectivity index (χ0v) is 13.9. The minimum Gasteiger partial charge on any atom is -0.368 e. The zero-order valence-electron chi connectivity index (χ0n) is 13.9. The van der Waals surface area contributed by atoms with Gasteiger partial charge < -0.3 is 15.2 Å². The predicted molar refractivity (Wildman–Crippen MR) is 85.0 cm³/mol. The van der Waals surface area contributed by atoms with Gasteiger partial charge >= 0.3 is 6.18 Å². The zero-order chi connectivity index (χ0) is 18.4. The Labute approximate surface area is 142 Å². The summed E-state index contributed by atoms with van der Waals surface area (Å²) >= 11 is 0. The van der Waals surface area contributed by atoms with Gasteiger partial charge in [0.05, 0.1) is 11.3 Å². The van der Waals surface area contributed by atoms with E-state index >= 15 is 0 Å². The molecule has 0 bridgehead atoms. The normalized spacial score (nSPS) is 11.4. The summed E-state index contributed by atoms with van der Waals surface area (Å²) in [4.78, 5) is 15.5. The molecule has 9 heteroatoms. The molecule has 0 unspecified atom stereocenters. The van der Waals surface area contributed by atoms with Crippen LogP contribution in [0.4, 0.5) is 19.0 Å². The fourth-order valence-corrected chi connectivity index (χ4v) is 2.34. The first kappa shape index (κ1) is 18.8. The monoisotopic (exact) mass is 356 g/mol. The maximum absolute atomic E-state index is 12.8. The van der Waals surface area contributed by atoms with Gasteiger partial charge in [0.1, 0.15) is 11.6 Å². The van der Waals surface area contributed by atoms with Gasteiger partial charge in [-0.15, -0.1) is 0 Å². The lowest BCUT2D eigenvalue weighted by molar-refractivity contribution is -0.137. The van der Waals surface area contributed by atoms with Crippen molar-refractivity contribution in [3.05, 3.63) is 40.9 Å². The number of nitrogens with zero attached hydrogens (tertiary/aromatic N) is 2. The van der Waals surface area contributed by atoms with Gasteiger partial charge in [-0.05, 0) is 32.4 Å². The Kier molecular flexibility index (Phi) is 6.00. The van der Waals surface area contributed by atoms with Crippen molar-refractivity contribution < 1.29 is 22.5 Å². The van der Waals surface area contributed by atoms with Crippen molar-refractivity contribution in [2.24, 2.45) is 0 Å². The Morgan fingerprint density at radius 1 is 1.28 bits per heavy atom. The van der Waals surface area contributed by atoms with E-state index in [0.717, 1.165) is 17.3 Å². The quantitative estimate of drug-likeness (QED) is 0.746. The van der Waals surface area contributed by atoms with Crippen molar-refractivity contribution in [1.82, 2.24) is 15.5 Å². The summed E-state index contributed by atoms with van der Waals surface area (Å²) < 4.78 is 43.5. The molecular formula is C16H19F3N4O2. The van der Waals surface area contributed by atoms with Crippen LogP contribution in [0.5, 0.6) is 0 Å². The number of hydrogen-bond donors (Lipinski definition) is 2. The second-order valence-electron chi connectivity index (χ2n) is 5.48. The Morgan fingerprint density at radius 3 is 2.68 bits per heavy atom. The first-order valence-corrected chi connectivity index (χ1v) is 7.73. The minimum absolute atomic E-state index is 0.136. The van der Waals surface area contributed by atoms with Crippen molar-refractivity contribution in [1.29, 1.82) is 0 Å². The van der Waals surface area contributed by atoms with Crippen LogP contribution in [-0.4, -0.2) is 29.1 Å². The molecule has 0 aliphatic carbocycles. The number of aryl methyl sites for hydroxylation is 2. The summed E-state index contributed by atoms with van der Waals surface area (Å²) in [5.41, 5.74) is 0.818. The number of amides is 1. The van der Waals surface area contributed by atoms with Crippen LogP contribution in [0.3, 0.4) is 0 Å². The van der Waals surface area contributed by atoms with E-state index in [1.807, 2.05) is 0 Å². The molecule has 2 aromatic rings. The first-order chi connectivity index (χ1) is 11.8. The fourth-order valence-electron chi connectivity index (χ4n) is 2.34. The Bertz CT molecular complexity index is 709. The molecular weight excluding hydrogens is 337 g/mol. The van der Waals surface area contributed by atoms with Crippen LogP contribution in [-0.2, 0) is 17.4 Å². The predicted octanol–water partition coefficient (Wildman–Crippen LogP) is 2.87. The molecule has 0 spiro atoms. The maximum Gasteiger partial charge on any atom is 0.419 e. The molecule has 0 atom stereocenters. The molecule has 0 saturated heterocycles. The summed E-state index contributed by atoms with van der Waals surface area (Å²) in [6.45, 7) is 3.91. The molecule has 2 heterocycles. The number of carbonyl (C=O) groups excluding carboxylic acids is 1. The van der Waals surface area contributed by atoms with Gasteiger partial charge in [0.25, 0.3) is 0 Å². The van der Waals surface area contributed by atoms with E-state index in [0.29, 0.717) is 12.2 Å². The largest absolute Gasteiger partial charge is 0.419 e. The van der Waals surface area contributed by atoms with Gasteiger partial charge in [-0.3, -0.25) is 4.79 Å². The number of carbonyl (C=O) groups is 1. The third-order valence-corrected chi connectivity index (χ3v) is 3.64. The van der Waals surface area contributed by atoms with Crippen molar-refractivity contribution in [2.75, 3.05) is 18.4 Å². The van der Waals surface area contributed by atoms with Crippen molar-refractivity contribution >= 4 is 11.7 Å². The van der Waals surface area contributed by atoms with Crippen molar-refractivity contribution in [3.8, 4) is 0 Å². The molecule has 2 N–H and O–H groups in total. The minimum atomic E-state index is -4.48. The molecule has 1 amide bonds. The molecule has 2 aromatic heterocycles. The summed E-state index contributed by atoms with van der Waals surface area (Å²) in [5.74, 6) is 0.237. The van der Waals surface area contributed by atoms with Crippen LogP contribution < -0.4 is 10.6 Å². The van der Waals surface area contributed by atoms with E-state index in [1.54, 1.807) is 13.8 Å². The maximum atomic E-state index is 12.8. The van der Waals surface area contributed by atoms with Gasteiger partial charge in [-0.1, -0.05) is 5.16 Å². The first-order valence-electron chi connectivity index (χ1n) is 7.73. The number of pyridine rings is 1. The topological polar surface area (TPSA) is 80.0 Å². The summed E-state index contributed by atoms with van der Waals surface area (Å²) in [6.07, 6.45) is -2.45. The SMILES string of the molecule is Cc1noc(C)c1CCC(=O)NCCNc1ncccc1C(F)(F)F. The van der Waals surface area contributed by atoms with Crippen LogP contribution >= 0.6 is 0 Å². The van der Waals surface area contributed by atoms with Crippen molar-refractivity contribution in [3.63, 3.8) is 0 Å². The molecule has 0 saturated carbocycles. The highest BCUT2D eigenvalue weighted by Gasteiger charge is 2.33. The van der Waals surface area contributed by atoms with E-state index in [1.165, 1.54) is 12.3 Å². The van der Waals surface area contributed by atoms with Crippen LogP contribution in [0.2, 0.25) is 0 Å². The van der Waals surface area contributed by atoms with Gasteiger partial charge in [0, 0.05) is 31.3 Å². The molecule has 0 aliphatic heterocycles. The number of halogens is 3. The lowest BCUT2D eigenvalue weighted by atomic mass is 10.1. The van der Waals surface area contributed by atoms with Crippen molar-refractivity contribution in [2.45, 2.75) is 32.9 Å². The lowest BCUT2D eigenvalue weighted by Crippen LogP contribution is -2.29. The standard InChI is InChI=1S/C16H19F3N4O2/c1-10-12(11(2)25-23-10)5-6-14(24)20-8-9-22-15-13(16(17,18)19)4-3-7-21-15/h3-4,7H,5-6,8-9H2,1-2H3,(H,20,24)(H,21,22). The van der Waals surface area contributed by atoms with E-state index in [-0.39, 0.29) is 31.2 Å². The highest BCUT2D eigenvalue weighted by Crippen LogP contribution is 2.33. The highest BCUT2D eigenvalue weighted by molar-refractivity contribution is 5.76. The highest BCUT2D eigenvalue weighted by atomic mass is 19.4. The number of nitrogens with one attached hydrogen (secondary N) is 2. The Balaban J connectivity index is 1.76. The van der Waals surface area contributed by atoms with Gasteiger partial charge in [0.2, 0.25) is 5.91 Å².